The van der Waals surface area contributed by atoms with E-state index in [1.54, 1.807) is 0 Å². The highest BCUT2D eigenvalue weighted by Crippen LogP contribution is 2.15. The van der Waals surface area contributed by atoms with Crippen molar-refractivity contribution in [1.29, 1.82) is 0 Å². The zero-order valence-electron chi connectivity index (χ0n) is 12.3. The topological polar surface area (TPSA) is 31.4 Å². The Morgan fingerprint density at radius 3 is 2.67 bits per heavy atom. The van der Waals surface area contributed by atoms with Crippen molar-refractivity contribution >= 4 is 5.82 Å². The van der Waals surface area contributed by atoms with Crippen LogP contribution >= 0.6 is 0 Å². The van der Waals surface area contributed by atoms with E-state index >= 15 is 0 Å². The molecule has 0 fully saturated rings. The van der Waals surface area contributed by atoms with Gasteiger partial charge in [0.25, 0.3) is 0 Å². The Kier molecular flexibility index (Phi) is 6.09. The van der Waals surface area contributed by atoms with Gasteiger partial charge in [-0.25, -0.2) is 4.98 Å². The Morgan fingerprint density at radius 2 is 2.11 bits per heavy atom. The summed E-state index contributed by atoms with van der Waals surface area (Å²) in [5.41, 5.74) is 1.28. The summed E-state index contributed by atoms with van der Waals surface area (Å²) in [5, 5.41) is 3.18. The highest BCUT2D eigenvalue weighted by Gasteiger charge is 2.14. The third-order valence-electron chi connectivity index (χ3n) is 2.99. The Morgan fingerprint density at radius 1 is 1.39 bits per heavy atom. The molecule has 1 rings (SSSR count). The fourth-order valence-electron chi connectivity index (χ4n) is 2.26. The third kappa shape index (κ3) is 4.27. The molecule has 0 aliphatic carbocycles. The van der Waals surface area contributed by atoms with Crippen molar-refractivity contribution in [2.45, 2.75) is 26.4 Å². The summed E-state index contributed by atoms with van der Waals surface area (Å²) in [6.45, 7) is 7.32. The first kappa shape index (κ1) is 14.9. The Hall–Kier alpha value is -1.13. The van der Waals surface area contributed by atoms with Crippen LogP contribution in [-0.4, -0.2) is 50.2 Å². The molecule has 0 radical (unpaired) electrons. The minimum atomic E-state index is 0.460. The lowest BCUT2D eigenvalue weighted by Gasteiger charge is -2.31. The molecule has 0 saturated heterocycles. The van der Waals surface area contributed by atoms with Gasteiger partial charge in [-0.15, -0.1) is 0 Å². The fraction of sp³-hybridized carbons (Fsp3) is 0.643. The van der Waals surface area contributed by atoms with E-state index in [9.17, 15) is 0 Å². The molecule has 1 N–H and O–H groups in total. The molecule has 18 heavy (non-hydrogen) atoms. The molecule has 1 aromatic heterocycles. The van der Waals surface area contributed by atoms with Crippen LogP contribution in [0.2, 0.25) is 0 Å². The molecule has 4 nitrogen and oxygen atoms in total. The largest absolute Gasteiger partial charge is 0.353 e. The van der Waals surface area contributed by atoms with Gasteiger partial charge in [-0.2, -0.15) is 0 Å². The van der Waals surface area contributed by atoms with E-state index in [0.29, 0.717) is 6.04 Å². The first-order chi connectivity index (χ1) is 8.58. The van der Waals surface area contributed by atoms with Crippen LogP contribution in [-0.2, 0) is 6.54 Å². The van der Waals surface area contributed by atoms with Crippen molar-refractivity contribution in [1.82, 2.24) is 15.2 Å². The van der Waals surface area contributed by atoms with Gasteiger partial charge < -0.3 is 15.1 Å². The second-order valence-electron chi connectivity index (χ2n) is 4.95. The zero-order valence-corrected chi connectivity index (χ0v) is 12.3. The molecule has 0 aliphatic heterocycles. The highest BCUT2D eigenvalue weighted by molar-refractivity contribution is 5.42. The van der Waals surface area contributed by atoms with Crippen molar-refractivity contribution < 1.29 is 0 Å². The predicted octanol–water partition coefficient (Wildman–Crippen LogP) is 1.58. The van der Waals surface area contributed by atoms with Crippen LogP contribution in [0.3, 0.4) is 0 Å². The molecule has 1 unspecified atom stereocenters. The highest BCUT2D eigenvalue weighted by atomic mass is 15.2. The van der Waals surface area contributed by atoms with E-state index in [0.717, 1.165) is 25.5 Å². The van der Waals surface area contributed by atoms with Crippen LogP contribution < -0.4 is 10.2 Å². The van der Waals surface area contributed by atoms with E-state index in [1.807, 2.05) is 13.2 Å². The number of likely N-dealkylation sites (N-methyl/N-ethyl adjacent to an activating group) is 2. The summed E-state index contributed by atoms with van der Waals surface area (Å²) in [4.78, 5) is 9.06. The molecular formula is C14H26N4. The van der Waals surface area contributed by atoms with Gasteiger partial charge in [-0.1, -0.05) is 0 Å². The molecule has 102 valence electrons. The first-order valence-electron chi connectivity index (χ1n) is 6.59. The normalized spacial score (nSPS) is 12.8. The number of nitrogens with zero attached hydrogens (tertiary/aromatic N) is 3. The summed E-state index contributed by atoms with van der Waals surface area (Å²) in [6.07, 6.45) is 1.90. The number of aromatic nitrogens is 1. The van der Waals surface area contributed by atoms with Crippen LogP contribution in [0.15, 0.2) is 18.3 Å². The van der Waals surface area contributed by atoms with Crippen molar-refractivity contribution in [3.63, 3.8) is 0 Å². The lowest BCUT2D eigenvalue weighted by molar-refractivity contribution is 0.372. The Bertz CT molecular complexity index is 351. The average Bonchev–Trinajstić information content (AvgIpc) is 2.30. The molecule has 1 atom stereocenters. The SMILES string of the molecule is CCN(c1cc(CNC)ccn1)C(C)CN(C)C. The van der Waals surface area contributed by atoms with Crippen molar-refractivity contribution in [3.8, 4) is 0 Å². The van der Waals surface area contributed by atoms with Crippen LogP contribution in [0, 0.1) is 0 Å². The number of nitrogens with one attached hydrogen (secondary N) is 1. The molecule has 1 aromatic rings. The standard InChI is InChI=1S/C14H26N4/c1-6-18(12(2)11-17(4)5)14-9-13(10-15-3)7-8-16-14/h7-9,12,15H,6,10-11H2,1-5H3. The van der Waals surface area contributed by atoms with Gasteiger partial charge in [0, 0.05) is 31.9 Å². The number of pyridine rings is 1. The quantitative estimate of drug-likeness (QED) is 0.796. The molecule has 0 spiro atoms. The van der Waals surface area contributed by atoms with Crippen molar-refractivity contribution in [2.24, 2.45) is 0 Å². The molecule has 0 aromatic carbocycles. The van der Waals surface area contributed by atoms with Gasteiger partial charge in [0.2, 0.25) is 0 Å². The minimum absolute atomic E-state index is 0.460. The average molecular weight is 250 g/mol. The lowest BCUT2D eigenvalue weighted by atomic mass is 10.2. The monoisotopic (exact) mass is 250 g/mol. The third-order valence-corrected chi connectivity index (χ3v) is 2.99. The number of hydrogen-bond acceptors (Lipinski definition) is 4. The van der Waals surface area contributed by atoms with E-state index in [-0.39, 0.29) is 0 Å². The number of rotatable bonds is 7. The molecule has 4 heteroatoms. The number of anilines is 1. The van der Waals surface area contributed by atoms with Gasteiger partial charge in [0.1, 0.15) is 5.82 Å². The Balaban J connectivity index is 2.83. The van der Waals surface area contributed by atoms with Gasteiger partial charge in [-0.3, -0.25) is 0 Å². The van der Waals surface area contributed by atoms with Crippen molar-refractivity contribution in [3.05, 3.63) is 23.9 Å². The summed E-state index contributed by atoms with van der Waals surface area (Å²) in [5.74, 6) is 1.07. The van der Waals surface area contributed by atoms with E-state index < -0.39 is 0 Å². The summed E-state index contributed by atoms with van der Waals surface area (Å²) in [7, 11) is 6.18. The molecular weight excluding hydrogens is 224 g/mol. The molecule has 0 aliphatic rings. The smallest absolute Gasteiger partial charge is 0.129 e. The van der Waals surface area contributed by atoms with Gasteiger partial charge >= 0.3 is 0 Å². The number of hydrogen-bond donors (Lipinski definition) is 1. The Labute approximate surface area is 111 Å². The molecule has 0 saturated carbocycles. The summed E-state index contributed by atoms with van der Waals surface area (Å²) < 4.78 is 0. The second-order valence-corrected chi connectivity index (χ2v) is 4.95. The maximum absolute atomic E-state index is 4.50. The van der Waals surface area contributed by atoms with Crippen LogP contribution in [0.5, 0.6) is 0 Å². The van der Waals surface area contributed by atoms with E-state index in [2.05, 4.69) is 60.2 Å². The van der Waals surface area contributed by atoms with Gasteiger partial charge in [-0.05, 0) is 52.7 Å². The van der Waals surface area contributed by atoms with Crippen molar-refractivity contribution in [2.75, 3.05) is 39.1 Å². The van der Waals surface area contributed by atoms with Crippen LogP contribution in [0.25, 0.3) is 0 Å². The second kappa shape index (κ2) is 7.34. The van der Waals surface area contributed by atoms with Gasteiger partial charge in [0.05, 0.1) is 0 Å². The van der Waals surface area contributed by atoms with Crippen LogP contribution in [0.1, 0.15) is 19.4 Å². The minimum Gasteiger partial charge on any atom is -0.353 e. The van der Waals surface area contributed by atoms with E-state index in [1.165, 1.54) is 5.56 Å². The zero-order chi connectivity index (χ0) is 13.5. The fourth-order valence-corrected chi connectivity index (χ4v) is 2.26. The summed E-state index contributed by atoms with van der Waals surface area (Å²) >= 11 is 0. The van der Waals surface area contributed by atoms with E-state index in [4.69, 9.17) is 0 Å². The lowest BCUT2D eigenvalue weighted by Crippen LogP contribution is -2.40. The maximum atomic E-state index is 4.50. The maximum Gasteiger partial charge on any atom is 0.129 e. The summed E-state index contributed by atoms with van der Waals surface area (Å²) in [6, 6.07) is 4.69. The predicted molar refractivity (Wildman–Crippen MR) is 78.0 cm³/mol. The molecule has 0 amide bonds. The molecule has 1 heterocycles. The molecule has 0 bridgehead atoms. The first-order valence-corrected chi connectivity index (χ1v) is 6.59. The van der Waals surface area contributed by atoms with Gasteiger partial charge in [0.15, 0.2) is 0 Å². The van der Waals surface area contributed by atoms with Crippen LogP contribution in [0.4, 0.5) is 5.82 Å².